The smallest absolute Gasteiger partial charge is 0.123 e. The second-order valence-electron chi connectivity index (χ2n) is 6.89. The Labute approximate surface area is 142 Å². The number of rotatable bonds is 5. The van der Waals surface area contributed by atoms with Crippen molar-refractivity contribution in [2.45, 2.75) is 43.8 Å². The summed E-state index contributed by atoms with van der Waals surface area (Å²) >= 11 is 0. The lowest BCUT2D eigenvalue weighted by atomic mass is 9.82. The number of halogens is 1. The lowest BCUT2D eigenvalue weighted by Crippen LogP contribution is -2.22. The first kappa shape index (κ1) is 15.8. The number of hydrogen-bond acceptors (Lipinski definition) is 2. The highest BCUT2D eigenvalue weighted by Crippen LogP contribution is 2.35. The van der Waals surface area contributed by atoms with Crippen molar-refractivity contribution >= 4 is 0 Å². The van der Waals surface area contributed by atoms with Crippen LogP contribution in [-0.4, -0.2) is 25.4 Å². The van der Waals surface area contributed by atoms with Crippen molar-refractivity contribution in [1.82, 2.24) is 0 Å². The third kappa shape index (κ3) is 3.85. The number of benzene rings is 2. The molecule has 2 aromatic carbocycles. The van der Waals surface area contributed by atoms with Crippen LogP contribution in [0.4, 0.5) is 4.39 Å². The van der Waals surface area contributed by atoms with Crippen LogP contribution in [0.2, 0.25) is 0 Å². The Bertz CT molecular complexity index is 653. The topological polar surface area (TPSA) is 21.8 Å². The Morgan fingerprint density at radius 2 is 1.46 bits per heavy atom. The molecule has 0 amide bonds. The first-order valence-electron chi connectivity index (χ1n) is 8.87. The van der Waals surface area contributed by atoms with Crippen molar-refractivity contribution in [3.63, 3.8) is 0 Å². The van der Waals surface area contributed by atoms with Crippen LogP contribution in [0, 0.1) is 5.82 Å². The summed E-state index contributed by atoms with van der Waals surface area (Å²) in [5.41, 5.74) is 3.60. The fourth-order valence-electron chi connectivity index (χ4n) is 3.56. The Kier molecular flexibility index (Phi) is 4.63. The van der Waals surface area contributed by atoms with Gasteiger partial charge in [0.05, 0.1) is 19.3 Å². The second kappa shape index (κ2) is 7.04. The van der Waals surface area contributed by atoms with Gasteiger partial charge in [-0.05, 0) is 60.4 Å². The molecule has 1 atom stereocenters. The monoisotopic (exact) mass is 326 g/mol. The molecular weight excluding hydrogens is 303 g/mol. The maximum Gasteiger partial charge on any atom is 0.123 e. The van der Waals surface area contributed by atoms with Gasteiger partial charge < -0.3 is 9.47 Å². The van der Waals surface area contributed by atoms with E-state index in [1.807, 2.05) is 12.1 Å². The highest BCUT2D eigenvalue weighted by molar-refractivity contribution is 5.63. The summed E-state index contributed by atoms with van der Waals surface area (Å²) in [6, 6.07) is 15.4. The molecule has 0 bridgehead atoms. The van der Waals surface area contributed by atoms with Crippen molar-refractivity contribution in [2.24, 2.45) is 0 Å². The van der Waals surface area contributed by atoms with E-state index in [4.69, 9.17) is 9.47 Å². The molecule has 2 nitrogen and oxygen atoms in total. The predicted octanol–water partition coefficient (Wildman–Crippen LogP) is 4.93. The summed E-state index contributed by atoms with van der Waals surface area (Å²) in [5, 5.41) is 0. The maximum absolute atomic E-state index is 13.0. The highest BCUT2D eigenvalue weighted by atomic mass is 19.1. The van der Waals surface area contributed by atoms with E-state index < -0.39 is 0 Å². The van der Waals surface area contributed by atoms with E-state index in [0.29, 0.717) is 18.1 Å². The Morgan fingerprint density at radius 3 is 2.04 bits per heavy atom. The summed E-state index contributed by atoms with van der Waals surface area (Å²) in [7, 11) is 0. The predicted molar refractivity (Wildman–Crippen MR) is 92.5 cm³/mol. The Hall–Kier alpha value is -1.71. The molecule has 126 valence electrons. The van der Waals surface area contributed by atoms with Gasteiger partial charge in [0.2, 0.25) is 0 Å². The average molecular weight is 326 g/mol. The molecule has 0 spiro atoms. The average Bonchev–Trinajstić information content (AvgIpc) is 3.46. The molecule has 1 heterocycles. The van der Waals surface area contributed by atoms with Crippen LogP contribution in [0.5, 0.6) is 0 Å². The molecule has 2 fully saturated rings. The van der Waals surface area contributed by atoms with Crippen molar-refractivity contribution in [3.8, 4) is 11.1 Å². The summed E-state index contributed by atoms with van der Waals surface area (Å²) < 4.78 is 24.1. The van der Waals surface area contributed by atoms with Crippen molar-refractivity contribution < 1.29 is 13.9 Å². The van der Waals surface area contributed by atoms with E-state index in [-0.39, 0.29) is 5.82 Å². The largest absolute Gasteiger partial charge is 0.375 e. The molecule has 2 aromatic rings. The fraction of sp³-hybridized carbons (Fsp3) is 0.429. The first-order valence-corrected chi connectivity index (χ1v) is 8.87. The van der Waals surface area contributed by atoms with Gasteiger partial charge in [-0.15, -0.1) is 0 Å². The molecular formula is C21H23FO2. The first-order chi connectivity index (χ1) is 11.8. The van der Waals surface area contributed by atoms with Gasteiger partial charge in [0.15, 0.2) is 0 Å². The van der Waals surface area contributed by atoms with Gasteiger partial charge in [-0.2, -0.15) is 0 Å². The van der Waals surface area contributed by atoms with E-state index in [2.05, 4.69) is 24.3 Å². The second-order valence-corrected chi connectivity index (χ2v) is 6.89. The molecule has 24 heavy (non-hydrogen) atoms. The van der Waals surface area contributed by atoms with Crippen LogP contribution in [-0.2, 0) is 9.47 Å². The third-order valence-electron chi connectivity index (χ3n) is 5.15. The van der Waals surface area contributed by atoms with E-state index in [1.165, 1.54) is 30.5 Å². The normalized spacial score (nSPS) is 26.3. The van der Waals surface area contributed by atoms with Gasteiger partial charge in [-0.1, -0.05) is 36.4 Å². The van der Waals surface area contributed by atoms with Gasteiger partial charge in [0.25, 0.3) is 0 Å². The molecule has 0 N–H and O–H groups in total. The summed E-state index contributed by atoms with van der Waals surface area (Å²) in [6.45, 7) is 1.64. The minimum absolute atomic E-state index is 0.192. The van der Waals surface area contributed by atoms with E-state index >= 15 is 0 Å². The number of epoxide rings is 1. The van der Waals surface area contributed by atoms with Crippen LogP contribution in [0.25, 0.3) is 11.1 Å². The zero-order valence-corrected chi connectivity index (χ0v) is 13.8. The molecule has 0 aromatic heterocycles. The van der Waals surface area contributed by atoms with Crippen molar-refractivity contribution in [3.05, 3.63) is 59.9 Å². The quantitative estimate of drug-likeness (QED) is 0.726. The van der Waals surface area contributed by atoms with Crippen molar-refractivity contribution in [1.29, 1.82) is 0 Å². The van der Waals surface area contributed by atoms with Crippen LogP contribution >= 0.6 is 0 Å². The SMILES string of the molecule is Fc1ccc(-c2ccc(C3CCC(OCC4CO4)CC3)cc2)cc1. The molecule has 0 radical (unpaired) electrons. The minimum atomic E-state index is -0.192. The lowest BCUT2D eigenvalue weighted by molar-refractivity contribution is 0.0165. The maximum atomic E-state index is 13.0. The standard InChI is InChI=1S/C21H23FO2/c22-19-9-5-17(6-10-19)15-1-3-16(4-2-15)18-7-11-20(12-8-18)23-13-21-14-24-21/h1-6,9-10,18,20-21H,7-8,11-14H2. The molecule has 1 aliphatic heterocycles. The van der Waals surface area contributed by atoms with E-state index in [1.54, 1.807) is 0 Å². The summed E-state index contributed by atoms with van der Waals surface area (Å²) in [5.74, 6) is 0.437. The van der Waals surface area contributed by atoms with Crippen LogP contribution in [0.15, 0.2) is 48.5 Å². The van der Waals surface area contributed by atoms with E-state index in [9.17, 15) is 4.39 Å². The van der Waals surface area contributed by atoms with Crippen LogP contribution < -0.4 is 0 Å². The Balaban J connectivity index is 1.34. The van der Waals surface area contributed by atoms with Crippen LogP contribution in [0.3, 0.4) is 0 Å². The molecule has 1 unspecified atom stereocenters. The van der Waals surface area contributed by atoms with Gasteiger partial charge in [-0.25, -0.2) is 4.39 Å². The highest BCUT2D eigenvalue weighted by Gasteiger charge is 2.27. The summed E-state index contributed by atoms with van der Waals surface area (Å²) in [6.07, 6.45) is 5.41. The fourth-order valence-corrected chi connectivity index (χ4v) is 3.56. The van der Waals surface area contributed by atoms with Crippen molar-refractivity contribution in [2.75, 3.05) is 13.2 Å². The number of ether oxygens (including phenoxy) is 2. The Morgan fingerprint density at radius 1 is 0.875 bits per heavy atom. The molecule has 2 aliphatic rings. The van der Waals surface area contributed by atoms with E-state index in [0.717, 1.165) is 37.2 Å². The zero-order valence-electron chi connectivity index (χ0n) is 13.8. The minimum Gasteiger partial charge on any atom is -0.375 e. The molecule has 4 rings (SSSR count). The van der Waals surface area contributed by atoms with Crippen LogP contribution in [0.1, 0.15) is 37.2 Å². The molecule has 1 saturated heterocycles. The molecule has 3 heteroatoms. The zero-order chi connectivity index (χ0) is 16.4. The lowest BCUT2D eigenvalue weighted by Gasteiger charge is -2.28. The summed E-state index contributed by atoms with van der Waals surface area (Å²) in [4.78, 5) is 0. The molecule has 1 aliphatic carbocycles. The van der Waals surface area contributed by atoms with Gasteiger partial charge in [0, 0.05) is 0 Å². The number of hydrogen-bond donors (Lipinski definition) is 0. The molecule has 1 saturated carbocycles. The van der Waals surface area contributed by atoms with Gasteiger partial charge in [-0.3, -0.25) is 0 Å². The third-order valence-corrected chi connectivity index (χ3v) is 5.15. The van der Waals surface area contributed by atoms with Gasteiger partial charge >= 0.3 is 0 Å². The van der Waals surface area contributed by atoms with Gasteiger partial charge in [0.1, 0.15) is 11.9 Å².